The normalized spacial score (nSPS) is 19.2. The average Bonchev–Trinajstić information content (AvgIpc) is 3.14. The van der Waals surface area contributed by atoms with Crippen molar-refractivity contribution in [3.8, 4) is 0 Å². The number of amides is 3. The molecule has 0 bridgehead atoms. The fourth-order valence-corrected chi connectivity index (χ4v) is 6.87. The first-order valence-electron chi connectivity index (χ1n) is 10.8. The van der Waals surface area contributed by atoms with Gasteiger partial charge in [0.05, 0.1) is 28.2 Å². The van der Waals surface area contributed by atoms with Crippen molar-refractivity contribution in [2.24, 2.45) is 0 Å². The second-order valence-corrected chi connectivity index (χ2v) is 14.5. The van der Waals surface area contributed by atoms with Crippen LogP contribution in [0.1, 0.15) is 49.9 Å². The molecule has 2 aliphatic rings. The molecule has 9 heteroatoms. The van der Waals surface area contributed by atoms with Gasteiger partial charge in [0.1, 0.15) is 5.82 Å². The third-order valence-corrected chi connectivity index (χ3v) is 10.1. The molecule has 0 spiro atoms. The van der Waals surface area contributed by atoms with E-state index in [1.54, 1.807) is 24.0 Å². The number of H-pyrrole nitrogens is 1. The molecule has 7 nitrogen and oxygen atoms in total. The van der Waals surface area contributed by atoms with Gasteiger partial charge in [-0.2, -0.15) is 5.10 Å². The average molecular weight is 462 g/mol. The minimum atomic E-state index is -1.09. The molecule has 1 aliphatic carbocycles. The molecule has 1 fully saturated rings. The van der Waals surface area contributed by atoms with Crippen molar-refractivity contribution in [3.05, 3.63) is 40.8 Å². The Morgan fingerprint density at radius 2 is 1.88 bits per heavy atom. The van der Waals surface area contributed by atoms with Crippen LogP contribution in [0.2, 0.25) is 0 Å². The summed E-state index contributed by atoms with van der Waals surface area (Å²) in [5.41, 5.74) is 1.70. The number of benzene rings is 1. The van der Waals surface area contributed by atoms with Crippen LogP contribution in [0, 0.1) is 12.7 Å². The molecule has 1 aromatic carbocycles. The van der Waals surface area contributed by atoms with Crippen molar-refractivity contribution in [1.29, 1.82) is 0 Å². The minimum absolute atomic E-state index is 0.0169. The van der Waals surface area contributed by atoms with E-state index in [9.17, 15) is 14.0 Å². The third-order valence-electron chi connectivity index (χ3n) is 7.15. The van der Waals surface area contributed by atoms with Crippen LogP contribution >= 0.6 is 10.0 Å². The van der Waals surface area contributed by atoms with Gasteiger partial charge >= 0.3 is 6.03 Å². The number of nitrogens with zero attached hydrogens (tertiary/aromatic N) is 2. The minimum Gasteiger partial charge on any atom is -0.309 e. The summed E-state index contributed by atoms with van der Waals surface area (Å²) in [4.78, 5) is 28.0. The van der Waals surface area contributed by atoms with Crippen LogP contribution in [0.15, 0.2) is 18.2 Å². The van der Waals surface area contributed by atoms with Crippen LogP contribution < -0.4 is 10.6 Å². The van der Waals surface area contributed by atoms with Gasteiger partial charge in [-0.05, 0) is 70.4 Å². The first kappa shape index (κ1) is 22.6. The number of urea groups is 1. The largest absolute Gasteiger partial charge is 0.323 e. The number of nitrogens with one attached hydrogen (secondary N) is 3. The number of halogens is 1. The van der Waals surface area contributed by atoms with Gasteiger partial charge in [0.2, 0.25) is 5.91 Å². The van der Waals surface area contributed by atoms with E-state index in [2.05, 4.69) is 39.6 Å². The van der Waals surface area contributed by atoms with E-state index in [0.29, 0.717) is 11.4 Å². The molecular weight excluding hydrogens is 429 g/mol. The lowest BCUT2D eigenvalue weighted by molar-refractivity contribution is -0.120. The Bertz CT molecular complexity index is 1060. The van der Waals surface area contributed by atoms with E-state index in [1.165, 1.54) is 6.07 Å². The smallest absolute Gasteiger partial charge is 0.309 e. The van der Waals surface area contributed by atoms with Crippen LogP contribution in [0.3, 0.4) is 0 Å². The van der Waals surface area contributed by atoms with E-state index in [-0.39, 0.29) is 22.9 Å². The Labute approximate surface area is 189 Å². The number of carbonyl (C=O) groups excluding carboxylic acids is 2. The van der Waals surface area contributed by atoms with E-state index < -0.39 is 27.4 Å². The number of hydrogen-bond donors (Lipinski definition) is 3. The van der Waals surface area contributed by atoms with Gasteiger partial charge < -0.3 is 15.5 Å². The van der Waals surface area contributed by atoms with Crippen molar-refractivity contribution in [1.82, 2.24) is 15.1 Å². The molecule has 3 amide bonds. The number of fused-ring (bicyclic) bond motifs is 1. The highest BCUT2D eigenvalue weighted by Crippen LogP contribution is 2.60. The highest BCUT2D eigenvalue weighted by Gasteiger charge is 2.51. The fourth-order valence-electron chi connectivity index (χ4n) is 4.75. The second-order valence-electron chi connectivity index (χ2n) is 10.1. The molecule has 32 heavy (non-hydrogen) atoms. The van der Waals surface area contributed by atoms with Crippen molar-refractivity contribution < 1.29 is 14.0 Å². The molecule has 2 aromatic rings. The van der Waals surface area contributed by atoms with E-state index >= 15 is 0 Å². The molecule has 1 aromatic heterocycles. The summed E-state index contributed by atoms with van der Waals surface area (Å²) in [6, 6.07) is 4.28. The summed E-state index contributed by atoms with van der Waals surface area (Å²) in [6.07, 6.45) is 9.40. The standard InChI is InChI=1S/C23H32FN5O2S/c1-14-9-7-10-16(24)17(14)25-21(31)29-13-15-18(22(29,2)3)27-28-19(15)26-20(30)23(11-8-12-23)32(4,5)6/h7,9-10H,8,11-13H2,1-6H3,(H,25,31)(H2,26,27,28,30). The molecule has 0 saturated heterocycles. The number of carbonyl (C=O) groups is 2. The van der Waals surface area contributed by atoms with E-state index in [1.807, 2.05) is 13.8 Å². The number of aromatic nitrogens is 2. The number of aromatic amines is 1. The van der Waals surface area contributed by atoms with Gasteiger partial charge in [-0.25, -0.2) is 19.2 Å². The summed E-state index contributed by atoms with van der Waals surface area (Å²) >= 11 is 0. The maximum atomic E-state index is 14.3. The summed E-state index contributed by atoms with van der Waals surface area (Å²) < 4.78 is 13.9. The molecule has 0 radical (unpaired) electrons. The molecule has 0 unspecified atom stereocenters. The first-order valence-corrected chi connectivity index (χ1v) is 13.6. The second kappa shape index (κ2) is 7.50. The Morgan fingerprint density at radius 1 is 1.19 bits per heavy atom. The monoisotopic (exact) mass is 461 g/mol. The van der Waals surface area contributed by atoms with Gasteiger partial charge in [-0.3, -0.25) is 9.89 Å². The molecule has 4 rings (SSSR count). The summed E-state index contributed by atoms with van der Waals surface area (Å²) in [5.74, 6) is 0.0209. The fraction of sp³-hybridized carbons (Fsp3) is 0.522. The maximum absolute atomic E-state index is 14.3. The molecule has 2 heterocycles. The summed E-state index contributed by atoms with van der Waals surface area (Å²) in [7, 11) is -1.09. The molecule has 174 valence electrons. The van der Waals surface area contributed by atoms with Gasteiger partial charge in [-0.15, -0.1) is 0 Å². The molecule has 1 aliphatic heterocycles. The van der Waals surface area contributed by atoms with Gasteiger partial charge in [-0.1, -0.05) is 12.1 Å². The number of para-hydroxylation sites is 1. The van der Waals surface area contributed by atoms with E-state index in [0.717, 1.165) is 30.5 Å². The van der Waals surface area contributed by atoms with E-state index in [4.69, 9.17) is 0 Å². The Balaban J connectivity index is 1.56. The number of aryl methyl sites for hydroxylation is 1. The number of rotatable bonds is 4. The molecular formula is C23H32FN5O2S. The highest BCUT2D eigenvalue weighted by atomic mass is 32.3. The quantitative estimate of drug-likeness (QED) is 0.617. The predicted molar refractivity (Wildman–Crippen MR) is 128 cm³/mol. The van der Waals surface area contributed by atoms with Crippen molar-refractivity contribution in [2.45, 2.75) is 56.9 Å². The lowest BCUT2D eigenvalue weighted by Gasteiger charge is -2.53. The topological polar surface area (TPSA) is 90.1 Å². The molecule has 0 atom stereocenters. The van der Waals surface area contributed by atoms with Crippen LogP contribution in [-0.4, -0.2) is 50.5 Å². The predicted octanol–water partition coefficient (Wildman–Crippen LogP) is 4.70. The number of hydrogen-bond acceptors (Lipinski definition) is 3. The number of anilines is 2. The molecule has 1 saturated carbocycles. The van der Waals surface area contributed by atoms with Crippen LogP contribution in [0.5, 0.6) is 0 Å². The van der Waals surface area contributed by atoms with Crippen molar-refractivity contribution >= 4 is 33.5 Å². The lowest BCUT2D eigenvalue weighted by atomic mass is 9.83. The lowest BCUT2D eigenvalue weighted by Crippen LogP contribution is -2.51. The van der Waals surface area contributed by atoms with Gasteiger partial charge in [0.25, 0.3) is 0 Å². The zero-order valence-corrected chi connectivity index (χ0v) is 20.4. The zero-order valence-electron chi connectivity index (χ0n) is 19.6. The van der Waals surface area contributed by atoms with Crippen LogP contribution in [0.25, 0.3) is 0 Å². The van der Waals surface area contributed by atoms with Crippen LogP contribution in [-0.2, 0) is 16.9 Å². The Morgan fingerprint density at radius 3 is 2.44 bits per heavy atom. The molecule has 3 N–H and O–H groups in total. The SMILES string of the molecule is Cc1cccc(F)c1NC(=O)N1Cc2c(NC(=O)C3(S(C)(C)C)CCC3)n[nH]c2C1(C)C. The Kier molecular flexibility index (Phi) is 5.31. The van der Waals surface area contributed by atoms with Crippen molar-refractivity contribution in [3.63, 3.8) is 0 Å². The van der Waals surface area contributed by atoms with Gasteiger partial charge in [0.15, 0.2) is 5.82 Å². The summed E-state index contributed by atoms with van der Waals surface area (Å²) in [6.45, 7) is 5.83. The maximum Gasteiger partial charge on any atom is 0.323 e. The Hall–Kier alpha value is -2.55. The highest BCUT2D eigenvalue weighted by molar-refractivity contribution is 8.33. The first-order chi connectivity index (χ1) is 14.9. The zero-order chi connectivity index (χ0) is 23.5. The van der Waals surface area contributed by atoms with Crippen LogP contribution in [0.4, 0.5) is 20.7 Å². The third kappa shape index (κ3) is 3.37. The summed E-state index contributed by atoms with van der Waals surface area (Å²) in [5, 5.41) is 13.2. The van der Waals surface area contributed by atoms with Crippen molar-refractivity contribution in [2.75, 3.05) is 29.4 Å². The van der Waals surface area contributed by atoms with Gasteiger partial charge in [0, 0.05) is 5.56 Å².